The molecule has 2 aromatic rings. The molecule has 118 valence electrons. The molecule has 0 radical (unpaired) electrons. The Balaban J connectivity index is 2.03. The summed E-state index contributed by atoms with van der Waals surface area (Å²) in [5, 5.41) is 10.3. The fourth-order valence-electron chi connectivity index (χ4n) is 1.99. The maximum atomic E-state index is 5.40. The van der Waals surface area contributed by atoms with E-state index in [1.807, 2.05) is 32.0 Å². The Hall–Kier alpha value is -2.50. The molecular weight excluding hydrogens is 280 g/mol. The van der Waals surface area contributed by atoms with Crippen LogP contribution in [0, 0.1) is 6.92 Å². The maximum absolute atomic E-state index is 5.40. The van der Waals surface area contributed by atoms with E-state index in [9.17, 15) is 0 Å². The first-order chi connectivity index (χ1) is 10.7. The highest BCUT2D eigenvalue weighted by atomic mass is 16.5. The van der Waals surface area contributed by atoms with Crippen LogP contribution in [-0.4, -0.2) is 24.8 Å². The first kappa shape index (κ1) is 15.9. The molecule has 6 nitrogen and oxygen atoms in total. The van der Waals surface area contributed by atoms with Crippen molar-refractivity contribution < 1.29 is 9.26 Å². The number of benzene rings is 1. The molecule has 0 saturated heterocycles. The summed E-state index contributed by atoms with van der Waals surface area (Å²) in [5.41, 5.74) is 3.05. The van der Waals surface area contributed by atoms with Crippen molar-refractivity contribution in [1.82, 2.24) is 15.8 Å². The molecule has 22 heavy (non-hydrogen) atoms. The third kappa shape index (κ3) is 4.51. The zero-order valence-corrected chi connectivity index (χ0v) is 13.2. The second-order valence-electron chi connectivity index (χ2n) is 4.85. The van der Waals surface area contributed by atoms with E-state index in [4.69, 9.17) is 9.26 Å². The quantitative estimate of drug-likeness (QED) is 0.632. The predicted octanol–water partition coefficient (Wildman–Crippen LogP) is 2.25. The average molecular weight is 302 g/mol. The van der Waals surface area contributed by atoms with Crippen LogP contribution in [0.4, 0.5) is 0 Å². The van der Waals surface area contributed by atoms with Crippen LogP contribution in [0.3, 0.4) is 0 Å². The van der Waals surface area contributed by atoms with Gasteiger partial charge in [0, 0.05) is 18.2 Å². The summed E-state index contributed by atoms with van der Waals surface area (Å²) in [4.78, 5) is 4.58. The monoisotopic (exact) mass is 302 g/mol. The second kappa shape index (κ2) is 8.07. The van der Waals surface area contributed by atoms with Crippen molar-refractivity contribution in [3.63, 3.8) is 0 Å². The predicted molar refractivity (Wildman–Crippen MR) is 85.9 cm³/mol. The number of hydrogen-bond donors (Lipinski definition) is 2. The molecule has 2 rings (SSSR count). The van der Waals surface area contributed by atoms with Crippen molar-refractivity contribution >= 4 is 5.96 Å². The topological polar surface area (TPSA) is 71.7 Å². The Morgan fingerprint density at radius 2 is 2.18 bits per heavy atom. The highest BCUT2D eigenvalue weighted by molar-refractivity contribution is 5.79. The van der Waals surface area contributed by atoms with E-state index >= 15 is 0 Å². The molecule has 0 amide bonds. The number of hydrogen-bond acceptors (Lipinski definition) is 4. The molecule has 0 aliphatic carbocycles. The Morgan fingerprint density at radius 1 is 1.32 bits per heavy atom. The first-order valence-corrected chi connectivity index (χ1v) is 7.28. The smallest absolute Gasteiger partial charge is 0.191 e. The van der Waals surface area contributed by atoms with Crippen LogP contribution in [0.2, 0.25) is 0 Å². The molecule has 2 N–H and O–H groups in total. The molecule has 0 bridgehead atoms. The van der Waals surface area contributed by atoms with Gasteiger partial charge in [-0.3, -0.25) is 0 Å². The average Bonchev–Trinajstić information content (AvgIpc) is 3.04. The van der Waals surface area contributed by atoms with Gasteiger partial charge in [0.25, 0.3) is 0 Å². The van der Waals surface area contributed by atoms with Crippen LogP contribution in [0.5, 0.6) is 5.75 Å². The number of aromatic nitrogens is 1. The van der Waals surface area contributed by atoms with Gasteiger partial charge < -0.3 is 19.9 Å². The van der Waals surface area contributed by atoms with Gasteiger partial charge in [-0.05, 0) is 25.5 Å². The van der Waals surface area contributed by atoms with Crippen molar-refractivity contribution in [3.05, 3.63) is 47.3 Å². The lowest BCUT2D eigenvalue weighted by atomic mass is 10.1. The summed E-state index contributed by atoms with van der Waals surface area (Å²) in [5.74, 6) is 1.59. The molecule has 0 atom stereocenters. The van der Waals surface area contributed by atoms with Crippen LogP contribution in [0.1, 0.15) is 23.7 Å². The summed E-state index contributed by atoms with van der Waals surface area (Å²) in [6, 6.07) is 7.93. The van der Waals surface area contributed by atoms with Crippen LogP contribution < -0.4 is 15.4 Å². The number of guanidine groups is 1. The van der Waals surface area contributed by atoms with Crippen molar-refractivity contribution in [2.75, 3.05) is 13.7 Å². The lowest BCUT2D eigenvalue weighted by Crippen LogP contribution is -2.36. The summed E-state index contributed by atoms with van der Waals surface area (Å²) < 4.78 is 10.2. The van der Waals surface area contributed by atoms with E-state index in [1.54, 1.807) is 13.4 Å². The molecule has 1 aromatic carbocycles. The number of aryl methyl sites for hydroxylation is 1. The van der Waals surface area contributed by atoms with Gasteiger partial charge in [0.15, 0.2) is 5.96 Å². The van der Waals surface area contributed by atoms with Gasteiger partial charge >= 0.3 is 0 Å². The molecule has 0 unspecified atom stereocenters. The number of ether oxygens (including phenoxy) is 1. The molecular formula is C16H22N4O2. The van der Waals surface area contributed by atoms with E-state index in [-0.39, 0.29) is 0 Å². The fraction of sp³-hybridized carbons (Fsp3) is 0.375. The summed E-state index contributed by atoms with van der Waals surface area (Å²) >= 11 is 0. The molecule has 1 heterocycles. The van der Waals surface area contributed by atoms with E-state index < -0.39 is 0 Å². The molecule has 0 aliphatic heterocycles. The highest BCUT2D eigenvalue weighted by Crippen LogP contribution is 2.20. The Bertz CT molecular complexity index is 609. The Morgan fingerprint density at radius 3 is 2.86 bits per heavy atom. The standard InChI is InChI=1S/C16H22N4O2/c1-4-17-16(19-11-14-7-8-22-20-14)18-10-13-6-5-12(2)9-15(13)21-3/h5-9H,4,10-11H2,1-3H3,(H2,17,18,19). The largest absolute Gasteiger partial charge is 0.496 e. The molecule has 0 fully saturated rings. The Kier molecular flexibility index (Phi) is 5.82. The van der Waals surface area contributed by atoms with Crippen LogP contribution >= 0.6 is 0 Å². The van der Waals surface area contributed by atoms with Crippen LogP contribution in [0.15, 0.2) is 40.0 Å². The lowest BCUT2D eigenvalue weighted by molar-refractivity contribution is 0.409. The third-order valence-electron chi connectivity index (χ3n) is 3.12. The summed E-state index contributed by atoms with van der Waals surface area (Å²) in [7, 11) is 1.68. The number of rotatable bonds is 6. The van der Waals surface area contributed by atoms with E-state index in [2.05, 4.69) is 26.8 Å². The minimum Gasteiger partial charge on any atom is -0.496 e. The van der Waals surface area contributed by atoms with Gasteiger partial charge in [-0.1, -0.05) is 17.3 Å². The van der Waals surface area contributed by atoms with Gasteiger partial charge in [-0.2, -0.15) is 0 Å². The second-order valence-corrected chi connectivity index (χ2v) is 4.85. The number of aliphatic imine (C=N–C) groups is 1. The molecule has 0 saturated carbocycles. The lowest BCUT2D eigenvalue weighted by Gasteiger charge is -2.11. The molecule has 0 aliphatic rings. The SMILES string of the molecule is CCNC(=NCc1ccc(C)cc1OC)NCc1ccon1. The molecule has 0 spiro atoms. The first-order valence-electron chi connectivity index (χ1n) is 7.28. The van der Waals surface area contributed by atoms with E-state index in [0.29, 0.717) is 13.1 Å². The fourth-order valence-corrected chi connectivity index (χ4v) is 1.99. The highest BCUT2D eigenvalue weighted by Gasteiger charge is 2.04. The number of methoxy groups -OCH3 is 1. The molecule has 1 aromatic heterocycles. The van der Waals surface area contributed by atoms with Crippen molar-refractivity contribution in [1.29, 1.82) is 0 Å². The van der Waals surface area contributed by atoms with Gasteiger partial charge in [0.1, 0.15) is 17.7 Å². The van der Waals surface area contributed by atoms with Gasteiger partial charge in [-0.25, -0.2) is 4.99 Å². The van der Waals surface area contributed by atoms with E-state index in [0.717, 1.165) is 29.5 Å². The summed E-state index contributed by atoms with van der Waals surface area (Å²) in [6.45, 7) is 5.96. The third-order valence-corrected chi connectivity index (χ3v) is 3.12. The van der Waals surface area contributed by atoms with Crippen LogP contribution in [0.25, 0.3) is 0 Å². The number of nitrogens with one attached hydrogen (secondary N) is 2. The maximum Gasteiger partial charge on any atom is 0.191 e. The van der Waals surface area contributed by atoms with Gasteiger partial charge in [-0.15, -0.1) is 0 Å². The van der Waals surface area contributed by atoms with Crippen molar-refractivity contribution in [2.45, 2.75) is 26.9 Å². The molecule has 6 heteroatoms. The van der Waals surface area contributed by atoms with Gasteiger partial charge in [0.2, 0.25) is 0 Å². The zero-order valence-electron chi connectivity index (χ0n) is 13.2. The minimum absolute atomic E-state index is 0.539. The minimum atomic E-state index is 0.539. The van der Waals surface area contributed by atoms with Crippen LogP contribution in [-0.2, 0) is 13.1 Å². The van der Waals surface area contributed by atoms with Gasteiger partial charge in [0.05, 0.1) is 20.2 Å². The zero-order chi connectivity index (χ0) is 15.8. The van der Waals surface area contributed by atoms with Crippen molar-refractivity contribution in [2.24, 2.45) is 4.99 Å². The van der Waals surface area contributed by atoms with E-state index in [1.165, 1.54) is 5.56 Å². The normalized spacial score (nSPS) is 11.3. The van der Waals surface area contributed by atoms with Crippen molar-refractivity contribution in [3.8, 4) is 5.75 Å². The number of nitrogens with zero attached hydrogens (tertiary/aromatic N) is 2. The Labute approximate surface area is 130 Å². The summed E-state index contributed by atoms with van der Waals surface area (Å²) in [6.07, 6.45) is 1.55.